The molecule has 4 N–H and O–H groups in total. The van der Waals surface area contributed by atoms with Gasteiger partial charge >= 0.3 is 12.1 Å². The fourth-order valence-electron chi connectivity index (χ4n) is 1.59. The number of nitrogens with two attached hydrogens (primary N) is 1. The van der Waals surface area contributed by atoms with E-state index in [0.717, 1.165) is 0 Å². The molecule has 0 fully saturated rings. The number of esters is 1. The second-order valence-corrected chi connectivity index (χ2v) is 7.61. The number of thiocarbonyl (C=S) groups is 1. The summed E-state index contributed by atoms with van der Waals surface area (Å²) in [5.74, 6) is -0.501. The SMILES string of the molecule is CC(C)(C)OC(=O)N[C@@H](CCCNC(N)=S)C(=O)OC(C)(C)C. The zero-order valence-electron chi connectivity index (χ0n) is 14.8. The van der Waals surface area contributed by atoms with Crippen LogP contribution in [0.25, 0.3) is 0 Å². The van der Waals surface area contributed by atoms with Crippen molar-refractivity contribution in [3.05, 3.63) is 0 Å². The van der Waals surface area contributed by atoms with E-state index in [0.29, 0.717) is 19.4 Å². The summed E-state index contributed by atoms with van der Waals surface area (Å²) in [6, 6.07) is -0.794. The number of alkyl carbamates (subject to hydrolysis) is 1. The van der Waals surface area contributed by atoms with Crippen molar-refractivity contribution in [2.75, 3.05) is 6.54 Å². The number of rotatable bonds is 6. The van der Waals surface area contributed by atoms with E-state index in [2.05, 4.69) is 10.6 Å². The molecule has 0 saturated heterocycles. The average molecular weight is 347 g/mol. The summed E-state index contributed by atoms with van der Waals surface area (Å²) in [5.41, 5.74) is 4.06. The molecule has 0 aliphatic rings. The van der Waals surface area contributed by atoms with Crippen LogP contribution >= 0.6 is 12.2 Å². The standard InChI is InChI=1S/C15H29N3O4S/c1-14(2,3)21-11(19)10(8-7-9-17-12(16)23)18-13(20)22-15(4,5)6/h10H,7-9H2,1-6H3,(H,18,20)(H3,16,17,23)/t10-/m0/s1. The molecular weight excluding hydrogens is 318 g/mol. The largest absolute Gasteiger partial charge is 0.458 e. The first kappa shape index (κ1) is 21.4. The molecule has 0 bridgehead atoms. The van der Waals surface area contributed by atoms with Crippen LogP contribution in [-0.4, -0.2) is 41.0 Å². The maximum atomic E-state index is 12.2. The zero-order valence-corrected chi connectivity index (χ0v) is 15.6. The van der Waals surface area contributed by atoms with Gasteiger partial charge in [0, 0.05) is 6.54 Å². The predicted octanol–water partition coefficient (Wildman–Crippen LogP) is 1.83. The average Bonchev–Trinajstić information content (AvgIpc) is 2.27. The number of hydrogen-bond donors (Lipinski definition) is 3. The minimum atomic E-state index is -0.794. The van der Waals surface area contributed by atoms with E-state index in [4.69, 9.17) is 27.4 Å². The highest BCUT2D eigenvalue weighted by atomic mass is 32.1. The van der Waals surface area contributed by atoms with E-state index < -0.39 is 29.3 Å². The van der Waals surface area contributed by atoms with Crippen LogP contribution in [0, 0.1) is 0 Å². The Morgan fingerprint density at radius 3 is 2.04 bits per heavy atom. The third-order valence-corrected chi connectivity index (χ3v) is 2.50. The van der Waals surface area contributed by atoms with Crippen molar-refractivity contribution >= 4 is 29.4 Å². The van der Waals surface area contributed by atoms with Crippen molar-refractivity contribution < 1.29 is 19.1 Å². The van der Waals surface area contributed by atoms with Gasteiger partial charge in [-0.25, -0.2) is 9.59 Å². The van der Waals surface area contributed by atoms with E-state index in [1.807, 2.05) is 0 Å². The number of ether oxygens (including phenoxy) is 2. The van der Waals surface area contributed by atoms with E-state index in [9.17, 15) is 9.59 Å². The lowest BCUT2D eigenvalue weighted by Gasteiger charge is -2.26. The Balaban J connectivity index is 4.69. The lowest BCUT2D eigenvalue weighted by Crippen LogP contribution is -2.46. The van der Waals surface area contributed by atoms with E-state index in [1.54, 1.807) is 41.5 Å². The lowest BCUT2D eigenvalue weighted by atomic mass is 10.1. The summed E-state index contributed by atoms with van der Waals surface area (Å²) in [7, 11) is 0. The van der Waals surface area contributed by atoms with Crippen LogP contribution in [0.15, 0.2) is 0 Å². The molecule has 0 radical (unpaired) electrons. The number of carbonyl (C=O) groups excluding carboxylic acids is 2. The van der Waals surface area contributed by atoms with E-state index >= 15 is 0 Å². The van der Waals surface area contributed by atoms with Crippen LogP contribution in [-0.2, 0) is 14.3 Å². The first-order valence-corrected chi connectivity index (χ1v) is 7.96. The minimum absolute atomic E-state index is 0.193. The van der Waals surface area contributed by atoms with Crippen molar-refractivity contribution in [2.24, 2.45) is 5.73 Å². The third-order valence-electron chi connectivity index (χ3n) is 2.35. The number of carbonyl (C=O) groups is 2. The zero-order chi connectivity index (χ0) is 18.3. The van der Waals surface area contributed by atoms with Crippen molar-refractivity contribution in [1.29, 1.82) is 0 Å². The highest BCUT2D eigenvalue weighted by Crippen LogP contribution is 2.12. The number of nitrogens with one attached hydrogen (secondary N) is 2. The van der Waals surface area contributed by atoms with E-state index in [1.165, 1.54) is 0 Å². The first-order valence-electron chi connectivity index (χ1n) is 7.56. The topological polar surface area (TPSA) is 103 Å². The number of amides is 1. The minimum Gasteiger partial charge on any atom is -0.458 e. The number of hydrogen-bond acceptors (Lipinski definition) is 5. The molecule has 0 spiro atoms. The first-order chi connectivity index (χ1) is 10.3. The summed E-state index contributed by atoms with van der Waals surface area (Å²) in [6.07, 6.45) is 0.302. The Kier molecular flexibility index (Phi) is 8.30. The van der Waals surface area contributed by atoms with Gasteiger partial charge in [-0.05, 0) is 66.6 Å². The Labute approximate surface area is 143 Å². The predicted molar refractivity (Wildman–Crippen MR) is 93.0 cm³/mol. The molecule has 1 amide bonds. The van der Waals surface area contributed by atoms with Gasteiger partial charge < -0.3 is 25.8 Å². The van der Waals surface area contributed by atoms with Gasteiger partial charge in [-0.2, -0.15) is 0 Å². The molecule has 1 atom stereocenters. The molecule has 134 valence electrons. The Hall–Kier alpha value is -1.57. The molecule has 0 unspecified atom stereocenters. The van der Waals surface area contributed by atoms with Gasteiger partial charge in [0.1, 0.15) is 17.2 Å². The van der Waals surface area contributed by atoms with E-state index in [-0.39, 0.29) is 5.11 Å². The fraction of sp³-hybridized carbons (Fsp3) is 0.800. The van der Waals surface area contributed by atoms with Crippen molar-refractivity contribution in [2.45, 2.75) is 71.6 Å². The van der Waals surface area contributed by atoms with Gasteiger partial charge in [0.25, 0.3) is 0 Å². The van der Waals surface area contributed by atoms with Crippen LogP contribution in [0.5, 0.6) is 0 Å². The molecule has 23 heavy (non-hydrogen) atoms. The van der Waals surface area contributed by atoms with Crippen LogP contribution < -0.4 is 16.4 Å². The fourth-order valence-corrected chi connectivity index (χ4v) is 1.69. The summed E-state index contributed by atoms with van der Waals surface area (Å²) in [5, 5.41) is 5.54. The lowest BCUT2D eigenvalue weighted by molar-refractivity contribution is -0.157. The van der Waals surface area contributed by atoms with Gasteiger partial charge in [0.2, 0.25) is 0 Å². The van der Waals surface area contributed by atoms with Gasteiger partial charge in [-0.15, -0.1) is 0 Å². The monoisotopic (exact) mass is 347 g/mol. The van der Waals surface area contributed by atoms with Crippen LogP contribution in [0.1, 0.15) is 54.4 Å². The summed E-state index contributed by atoms with van der Waals surface area (Å²) >= 11 is 4.71. The van der Waals surface area contributed by atoms with Crippen molar-refractivity contribution in [3.63, 3.8) is 0 Å². The summed E-state index contributed by atoms with van der Waals surface area (Å²) in [4.78, 5) is 24.1. The van der Waals surface area contributed by atoms with Crippen molar-refractivity contribution in [1.82, 2.24) is 10.6 Å². The second-order valence-electron chi connectivity index (χ2n) is 7.17. The maximum absolute atomic E-state index is 12.2. The molecule has 0 aliphatic heterocycles. The van der Waals surface area contributed by atoms with Gasteiger partial charge in [0.15, 0.2) is 5.11 Å². The molecular formula is C15H29N3O4S. The van der Waals surface area contributed by atoms with Gasteiger partial charge in [0.05, 0.1) is 0 Å². The molecule has 8 heteroatoms. The normalized spacial score (nSPS) is 13.0. The van der Waals surface area contributed by atoms with Gasteiger partial charge in [-0.1, -0.05) is 0 Å². The molecule has 7 nitrogen and oxygen atoms in total. The molecule has 0 aromatic heterocycles. The Bertz CT molecular complexity index is 427. The highest BCUT2D eigenvalue weighted by molar-refractivity contribution is 7.80. The smallest absolute Gasteiger partial charge is 0.408 e. The van der Waals surface area contributed by atoms with Crippen LogP contribution in [0.3, 0.4) is 0 Å². The molecule has 0 heterocycles. The van der Waals surface area contributed by atoms with Gasteiger partial charge in [-0.3, -0.25) is 0 Å². The maximum Gasteiger partial charge on any atom is 0.408 e. The molecule has 0 aromatic rings. The quantitative estimate of drug-likeness (QED) is 0.383. The third kappa shape index (κ3) is 12.6. The Morgan fingerprint density at radius 1 is 1.09 bits per heavy atom. The summed E-state index contributed by atoms with van der Waals surface area (Å²) in [6.45, 7) is 11.1. The molecule has 0 saturated carbocycles. The second kappa shape index (κ2) is 8.90. The molecule has 0 aromatic carbocycles. The van der Waals surface area contributed by atoms with Crippen LogP contribution in [0.2, 0.25) is 0 Å². The molecule has 0 rings (SSSR count). The summed E-state index contributed by atoms with van der Waals surface area (Å²) < 4.78 is 10.5. The van der Waals surface area contributed by atoms with Crippen LogP contribution in [0.4, 0.5) is 4.79 Å². The Morgan fingerprint density at radius 2 is 1.61 bits per heavy atom. The highest BCUT2D eigenvalue weighted by Gasteiger charge is 2.28. The molecule has 0 aliphatic carbocycles. The van der Waals surface area contributed by atoms with Crippen molar-refractivity contribution in [3.8, 4) is 0 Å².